The third-order valence-corrected chi connectivity index (χ3v) is 3.27. The molecule has 1 N–H and O–H groups in total. The number of hydrogen-bond acceptors (Lipinski definition) is 4. The van der Waals surface area contributed by atoms with Crippen molar-refractivity contribution in [2.24, 2.45) is 0 Å². The maximum absolute atomic E-state index is 12.4. The topological polar surface area (TPSA) is 55.4 Å². The fraction of sp³-hybridized carbons (Fsp3) is 0.467. The molecule has 2 rings (SSSR count). The number of hydrogen-bond donors (Lipinski definition) is 1. The van der Waals surface area contributed by atoms with Gasteiger partial charge in [0.1, 0.15) is 0 Å². The van der Waals surface area contributed by atoms with Crippen LogP contribution in [0.2, 0.25) is 0 Å². The molecule has 19 heavy (non-hydrogen) atoms. The lowest BCUT2D eigenvalue weighted by Crippen LogP contribution is -2.40. The first kappa shape index (κ1) is 13.7. The Morgan fingerprint density at radius 3 is 2.47 bits per heavy atom. The number of benzene rings is 1. The van der Waals surface area contributed by atoms with Gasteiger partial charge in [0.2, 0.25) is 0 Å². The number of carbonyl (C=O) groups is 2. The van der Waals surface area contributed by atoms with Crippen LogP contribution < -0.4 is 5.32 Å². The Morgan fingerprint density at radius 1 is 1.32 bits per heavy atom. The Labute approximate surface area is 113 Å². The van der Waals surface area contributed by atoms with Crippen LogP contribution in [0.15, 0.2) is 24.3 Å². The van der Waals surface area contributed by atoms with Gasteiger partial charge >= 0.3 is 5.97 Å². The molecule has 4 heteroatoms. The van der Waals surface area contributed by atoms with Crippen LogP contribution in [0.5, 0.6) is 0 Å². The van der Waals surface area contributed by atoms with Crippen LogP contribution in [0.25, 0.3) is 0 Å². The highest BCUT2D eigenvalue weighted by Crippen LogP contribution is 2.21. The number of Topliss-reactive ketones (excluding diaryl/α,β-unsaturated/α-hetero) is 1. The molecular weight excluding hydrogens is 242 g/mol. The summed E-state index contributed by atoms with van der Waals surface area (Å²) in [5.74, 6) is -0.407. The molecule has 1 aliphatic carbocycles. The SMILES string of the molecule is COC(=O)CC(NC1CC1)C(=O)c1ccc(C)cc1. The van der Waals surface area contributed by atoms with Crippen molar-refractivity contribution in [1.82, 2.24) is 5.32 Å². The Hall–Kier alpha value is -1.68. The molecule has 1 unspecified atom stereocenters. The minimum atomic E-state index is -0.484. The molecule has 1 saturated carbocycles. The van der Waals surface area contributed by atoms with E-state index < -0.39 is 6.04 Å². The molecule has 1 aromatic carbocycles. The van der Waals surface area contributed by atoms with Gasteiger partial charge in [-0.15, -0.1) is 0 Å². The van der Waals surface area contributed by atoms with Crippen molar-refractivity contribution in [2.45, 2.75) is 38.3 Å². The summed E-state index contributed by atoms with van der Waals surface area (Å²) in [7, 11) is 1.34. The van der Waals surface area contributed by atoms with Crippen molar-refractivity contribution < 1.29 is 14.3 Å². The van der Waals surface area contributed by atoms with Gasteiger partial charge in [-0.05, 0) is 19.8 Å². The van der Waals surface area contributed by atoms with Gasteiger partial charge in [-0.25, -0.2) is 0 Å². The Balaban J connectivity index is 2.09. The average Bonchev–Trinajstić information content (AvgIpc) is 3.22. The standard InChI is InChI=1S/C15H19NO3/c1-10-3-5-11(6-4-10)15(18)13(9-14(17)19-2)16-12-7-8-12/h3-6,12-13,16H,7-9H2,1-2H3. The van der Waals surface area contributed by atoms with Crippen LogP contribution in [0, 0.1) is 6.92 Å². The summed E-state index contributed by atoms with van der Waals surface area (Å²) in [5, 5.41) is 3.22. The van der Waals surface area contributed by atoms with E-state index in [4.69, 9.17) is 0 Å². The van der Waals surface area contributed by atoms with Gasteiger partial charge in [0, 0.05) is 11.6 Å². The van der Waals surface area contributed by atoms with Gasteiger partial charge in [-0.1, -0.05) is 29.8 Å². The smallest absolute Gasteiger partial charge is 0.307 e. The van der Waals surface area contributed by atoms with Crippen molar-refractivity contribution >= 4 is 11.8 Å². The summed E-state index contributed by atoms with van der Waals surface area (Å²) in [4.78, 5) is 23.8. The predicted octanol–water partition coefficient (Wildman–Crippen LogP) is 1.86. The highest BCUT2D eigenvalue weighted by atomic mass is 16.5. The van der Waals surface area contributed by atoms with Crippen molar-refractivity contribution in [2.75, 3.05) is 7.11 Å². The van der Waals surface area contributed by atoms with Gasteiger partial charge in [-0.3, -0.25) is 9.59 Å². The van der Waals surface area contributed by atoms with E-state index in [0.29, 0.717) is 11.6 Å². The predicted molar refractivity (Wildman–Crippen MR) is 72.1 cm³/mol. The van der Waals surface area contributed by atoms with Gasteiger partial charge in [0.25, 0.3) is 0 Å². The number of ketones is 1. The van der Waals surface area contributed by atoms with Crippen LogP contribution in [-0.4, -0.2) is 30.9 Å². The zero-order valence-electron chi connectivity index (χ0n) is 11.3. The van der Waals surface area contributed by atoms with E-state index in [0.717, 1.165) is 18.4 Å². The van der Waals surface area contributed by atoms with Crippen molar-refractivity contribution in [3.8, 4) is 0 Å². The minimum Gasteiger partial charge on any atom is -0.469 e. The van der Waals surface area contributed by atoms with Crippen molar-refractivity contribution in [3.63, 3.8) is 0 Å². The fourth-order valence-electron chi connectivity index (χ4n) is 1.93. The van der Waals surface area contributed by atoms with Crippen LogP contribution >= 0.6 is 0 Å². The molecule has 0 aliphatic heterocycles. The molecule has 0 amide bonds. The summed E-state index contributed by atoms with van der Waals surface area (Å²) >= 11 is 0. The van der Waals surface area contributed by atoms with E-state index >= 15 is 0 Å². The van der Waals surface area contributed by atoms with Gasteiger partial charge in [-0.2, -0.15) is 0 Å². The first-order valence-corrected chi connectivity index (χ1v) is 6.54. The summed E-state index contributed by atoms with van der Waals surface area (Å²) in [6, 6.07) is 7.29. The summed E-state index contributed by atoms with van der Waals surface area (Å²) in [5.41, 5.74) is 1.74. The molecule has 0 heterocycles. The molecule has 1 atom stereocenters. The molecule has 0 aromatic heterocycles. The third kappa shape index (κ3) is 3.89. The molecule has 102 valence electrons. The number of rotatable bonds is 6. The molecule has 0 saturated heterocycles. The quantitative estimate of drug-likeness (QED) is 0.627. The second kappa shape index (κ2) is 5.97. The van der Waals surface area contributed by atoms with E-state index in [9.17, 15) is 9.59 Å². The highest BCUT2D eigenvalue weighted by molar-refractivity contribution is 6.01. The third-order valence-electron chi connectivity index (χ3n) is 3.27. The van der Waals surface area contributed by atoms with Crippen LogP contribution in [0.3, 0.4) is 0 Å². The minimum absolute atomic E-state index is 0.0442. The molecule has 1 aliphatic rings. The Kier molecular flexibility index (Phi) is 4.32. The van der Waals surface area contributed by atoms with Crippen molar-refractivity contribution in [1.29, 1.82) is 0 Å². The number of methoxy groups -OCH3 is 1. The fourth-order valence-corrected chi connectivity index (χ4v) is 1.93. The lowest BCUT2D eigenvalue weighted by molar-refractivity contribution is -0.140. The number of aryl methyl sites for hydroxylation is 1. The molecule has 1 aromatic rings. The lowest BCUT2D eigenvalue weighted by atomic mass is 10.0. The van der Waals surface area contributed by atoms with Crippen LogP contribution in [-0.2, 0) is 9.53 Å². The van der Waals surface area contributed by atoms with E-state index in [2.05, 4.69) is 10.1 Å². The molecule has 0 bridgehead atoms. The molecule has 1 fully saturated rings. The second-order valence-electron chi connectivity index (χ2n) is 5.00. The lowest BCUT2D eigenvalue weighted by Gasteiger charge is -2.16. The van der Waals surface area contributed by atoms with E-state index in [1.54, 1.807) is 12.1 Å². The van der Waals surface area contributed by atoms with E-state index in [1.807, 2.05) is 19.1 Å². The summed E-state index contributed by atoms with van der Waals surface area (Å²) in [6.45, 7) is 1.97. The van der Waals surface area contributed by atoms with Gasteiger partial charge < -0.3 is 10.1 Å². The van der Waals surface area contributed by atoms with Gasteiger partial charge in [0.15, 0.2) is 5.78 Å². The Morgan fingerprint density at radius 2 is 1.95 bits per heavy atom. The average molecular weight is 261 g/mol. The highest BCUT2D eigenvalue weighted by Gasteiger charge is 2.30. The monoisotopic (exact) mass is 261 g/mol. The summed E-state index contributed by atoms with van der Waals surface area (Å²) in [6.07, 6.45) is 2.22. The largest absolute Gasteiger partial charge is 0.469 e. The molecule has 0 spiro atoms. The van der Waals surface area contributed by atoms with E-state index in [-0.39, 0.29) is 18.2 Å². The molecule has 0 radical (unpaired) electrons. The first-order chi connectivity index (χ1) is 9.10. The number of esters is 1. The first-order valence-electron chi connectivity index (χ1n) is 6.54. The second-order valence-corrected chi connectivity index (χ2v) is 5.00. The van der Waals surface area contributed by atoms with Crippen molar-refractivity contribution in [3.05, 3.63) is 35.4 Å². The maximum atomic E-state index is 12.4. The number of ether oxygens (including phenoxy) is 1. The number of carbonyl (C=O) groups excluding carboxylic acids is 2. The number of nitrogens with one attached hydrogen (secondary N) is 1. The normalized spacial score (nSPS) is 15.9. The maximum Gasteiger partial charge on any atom is 0.307 e. The zero-order valence-corrected chi connectivity index (χ0v) is 11.3. The van der Waals surface area contributed by atoms with Gasteiger partial charge in [0.05, 0.1) is 19.6 Å². The van der Waals surface area contributed by atoms with E-state index in [1.165, 1.54) is 7.11 Å². The Bertz CT molecular complexity index is 463. The van der Waals surface area contributed by atoms with Crippen LogP contribution in [0.1, 0.15) is 35.2 Å². The zero-order chi connectivity index (χ0) is 13.8. The summed E-state index contributed by atoms with van der Waals surface area (Å²) < 4.78 is 4.66. The molecule has 4 nitrogen and oxygen atoms in total. The van der Waals surface area contributed by atoms with Crippen LogP contribution in [0.4, 0.5) is 0 Å². The molecular formula is C15H19NO3.